The van der Waals surface area contributed by atoms with Crippen molar-refractivity contribution in [3.05, 3.63) is 122 Å². The molecular formula is C26H21F3N4O3. The molecule has 0 radical (unpaired) electrons. The van der Waals surface area contributed by atoms with Crippen molar-refractivity contribution in [2.24, 2.45) is 4.99 Å². The van der Waals surface area contributed by atoms with Crippen molar-refractivity contribution >= 4 is 11.5 Å². The molecule has 10 heteroatoms. The number of alkyl halides is 3. The molecule has 3 aromatic carbocycles. The van der Waals surface area contributed by atoms with E-state index >= 15 is 0 Å². The van der Waals surface area contributed by atoms with E-state index in [-0.39, 0.29) is 17.9 Å². The molecular weight excluding hydrogens is 473 g/mol. The molecule has 36 heavy (non-hydrogen) atoms. The lowest BCUT2D eigenvalue weighted by molar-refractivity contribution is -0.137. The van der Waals surface area contributed by atoms with E-state index in [0.717, 1.165) is 22.3 Å². The summed E-state index contributed by atoms with van der Waals surface area (Å²) in [6, 6.07) is 19.8. The van der Waals surface area contributed by atoms with Gasteiger partial charge in [0.15, 0.2) is 0 Å². The van der Waals surface area contributed by atoms with Gasteiger partial charge in [0, 0.05) is 5.69 Å². The molecule has 0 bridgehead atoms. The van der Waals surface area contributed by atoms with Gasteiger partial charge in [0.25, 0.3) is 5.56 Å². The number of aliphatic imine (C=N–C) groups is 1. The van der Waals surface area contributed by atoms with Gasteiger partial charge in [-0.15, -0.1) is 0 Å². The first-order valence-corrected chi connectivity index (χ1v) is 10.8. The lowest BCUT2D eigenvalue weighted by Gasteiger charge is -2.15. The van der Waals surface area contributed by atoms with Gasteiger partial charge in [-0.05, 0) is 48.9 Å². The summed E-state index contributed by atoms with van der Waals surface area (Å²) in [5, 5.41) is 14.0. The average molecular weight is 494 g/mol. The summed E-state index contributed by atoms with van der Waals surface area (Å²) in [5.74, 6) is -0.706. The maximum atomic E-state index is 12.9. The Hall–Kier alpha value is -4.60. The molecule has 0 amide bonds. The second-order valence-corrected chi connectivity index (χ2v) is 7.98. The molecule has 0 saturated carbocycles. The van der Waals surface area contributed by atoms with Crippen LogP contribution in [-0.4, -0.2) is 20.5 Å². The van der Waals surface area contributed by atoms with E-state index in [9.17, 15) is 27.9 Å². The number of nitrogens with one attached hydrogen (secondary N) is 2. The highest BCUT2D eigenvalue weighted by atomic mass is 19.4. The highest BCUT2D eigenvalue weighted by molar-refractivity contribution is 6.09. The van der Waals surface area contributed by atoms with Crippen LogP contribution in [0.3, 0.4) is 0 Å². The molecule has 0 atom stereocenters. The van der Waals surface area contributed by atoms with Gasteiger partial charge in [-0.2, -0.15) is 13.2 Å². The Morgan fingerprint density at radius 2 is 1.61 bits per heavy atom. The van der Waals surface area contributed by atoms with Crippen molar-refractivity contribution in [2.75, 3.05) is 5.32 Å². The zero-order valence-corrected chi connectivity index (χ0v) is 19.0. The van der Waals surface area contributed by atoms with E-state index in [1.54, 1.807) is 54.6 Å². The van der Waals surface area contributed by atoms with Gasteiger partial charge in [-0.1, -0.05) is 48.0 Å². The van der Waals surface area contributed by atoms with E-state index in [0.29, 0.717) is 16.9 Å². The van der Waals surface area contributed by atoms with Gasteiger partial charge in [0.1, 0.15) is 11.4 Å². The molecule has 0 unspecified atom stereocenters. The Balaban J connectivity index is 1.81. The fraction of sp³-hybridized carbons (Fsp3) is 0.115. The summed E-state index contributed by atoms with van der Waals surface area (Å²) < 4.78 is 39.6. The predicted octanol–water partition coefficient (Wildman–Crippen LogP) is 4.62. The summed E-state index contributed by atoms with van der Waals surface area (Å²) in [4.78, 5) is 32.0. The smallest absolute Gasteiger partial charge is 0.416 e. The highest BCUT2D eigenvalue weighted by Gasteiger charge is 2.30. The van der Waals surface area contributed by atoms with Crippen molar-refractivity contribution in [1.29, 1.82) is 0 Å². The standard InChI is InChI=1S/C26H21F3N4O3/c1-16-7-13-20(14-8-16)33-24(35)21(23(34)32-25(33)36)22(31-19-5-3-2-4-6-19)30-15-17-9-11-18(12-10-17)26(27,28)29/h2-14,35H,15H2,1H3,(H,30,31)(H,32,34,36). The number of rotatable bonds is 5. The zero-order valence-electron chi connectivity index (χ0n) is 19.0. The highest BCUT2D eigenvalue weighted by Crippen LogP contribution is 2.29. The van der Waals surface area contributed by atoms with Crippen LogP contribution in [0.5, 0.6) is 5.88 Å². The van der Waals surface area contributed by atoms with E-state index < -0.39 is 28.9 Å². The minimum atomic E-state index is -4.47. The number of aromatic hydroxyl groups is 1. The number of aromatic amines is 1. The van der Waals surface area contributed by atoms with Crippen LogP contribution in [0.25, 0.3) is 5.69 Å². The number of anilines is 1. The number of H-pyrrole nitrogens is 1. The summed E-state index contributed by atoms with van der Waals surface area (Å²) in [6.07, 6.45) is -4.47. The molecule has 0 aliphatic heterocycles. The first-order valence-electron chi connectivity index (χ1n) is 10.8. The molecule has 0 spiro atoms. The number of aromatic nitrogens is 2. The van der Waals surface area contributed by atoms with Crippen molar-refractivity contribution < 1.29 is 18.3 Å². The van der Waals surface area contributed by atoms with Gasteiger partial charge < -0.3 is 10.4 Å². The van der Waals surface area contributed by atoms with Gasteiger partial charge in [-0.3, -0.25) is 14.8 Å². The molecule has 4 aromatic rings. The van der Waals surface area contributed by atoms with Crippen molar-refractivity contribution in [3.8, 4) is 11.6 Å². The Morgan fingerprint density at radius 3 is 2.22 bits per heavy atom. The van der Waals surface area contributed by atoms with E-state index in [4.69, 9.17) is 0 Å². The maximum absolute atomic E-state index is 12.9. The van der Waals surface area contributed by atoms with E-state index in [2.05, 4.69) is 15.3 Å². The number of nitrogens with zero attached hydrogens (tertiary/aromatic N) is 2. The lowest BCUT2D eigenvalue weighted by Crippen LogP contribution is -2.35. The summed E-state index contributed by atoms with van der Waals surface area (Å²) in [7, 11) is 0. The monoisotopic (exact) mass is 494 g/mol. The van der Waals surface area contributed by atoms with Crippen LogP contribution in [0, 0.1) is 6.92 Å². The number of benzene rings is 3. The molecule has 1 heterocycles. The first kappa shape index (κ1) is 24.5. The molecule has 1 aromatic heterocycles. The summed E-state index contributed by atoms with van der Waals surface area (Å²) >= 11 is 0. The Bertz CT molecular complexity index is 1510. The Labute approximate surface area is 203 Å². The quantitative estimate of drug-likeness (QED) is 0.279. The molecule has 4 rings (SSSR count). The minimum absolute atomic E-state index is 0.0688. The Kier molecular flexibility index (Phi) is 6.77. The number of amidine groups is 1. The number of aryl methyl sites for hydroxylation is 1. The molecule has 0 fully saturated rings. The van der Waals surface area contributed by atoms with Crippen LogP contribution >= 0.6 is 0 Å². The summed E-state index contributed by atoms with van der Waals surface area (Å²) in [5.41, 5.74) is -0.581. The number of hydrogen-bond acceptors (Lipinski definition) is 4. The largest absolute Gasteiger partial charge is 0.493 e. The average Bonchev–Trinajstić information content (AvgIpc) is 2.83. The van der Waals surface area contributed by atoms with Crippen LogP contribution in [0.1, 0.15) is 22.3 Å². The third-order valence-corrected chi connectivity index (χ3v) is 5.35. The van der Waals surface area contributed by atoms with Crippen molar-refractivity contribution in [3.63, 3.8) is 0 Å². The number of para-hydroxylation sites is 1. The van der Waals surface area contributed by atoms with Crippen LogP contribution in [-0.2, 0) is 12.7 Å². The van der Waals surface area contributed by atoms with E-state index in [1.807, 2.05) is 6.92 Å². The normalized spacial score (nSPS) is 11.9. The maximum Gasteiger partial charge on any atom is 0.416 e. The topological polar surface area (TPSA) is 99.5 Å². The number of halogens is 3. The van der Waals surface area contributed by atoms with Crippen LogP contribution < -0.4 is 16.6 Å². The molecule has 0 aliphatic carbocycles. The third kappa shape index (κ3) is 5.38. The lowest BCUT2D eigenvalue weighted by atomic mass is 10.1. The Morgan fingerprint density at radius 1 is 0.972 bits per heavy atom. The zero-order chi connectivity index (χ0) is 25.9. The van der Waals surface area contributed by atoms with Gasteiger partial charge >= 0.3 is 11.9 Å². The summed E-state index contributed by atoms with van der Waals surface area (Å²) in [6.45, 7) is 1.76. The van der Waals surface area contributed by atoms with Crippen molar-refractivity contribution in [2.45, 2.75) is 19.6 Å². The number of hydrogen-bond donors (Lipinski definition) is 3. The molecule has 0 aliphatic rings. The van der Waals surface area contributed by atoms with Crippen LogP contribution in [0.4, 0.5) is 18.9 Å². The van der Waals surface area contributed by atoms with Crippen LogP contribution in [0.15, 0.2) is 93.4 Å². The molecule has 184 valence electrons. The van der Waals surface area contributed by atoms with Crippen LogP contribution in [0.2, 0.25) is 0 Å². The van der Waals surface area contributed by atoms with Gasteiger partial charge in [-0.25, -0.2) is 9.36 Å². The molecule has 3 N–H and O–H groups in total. The molecule has 7 nitrogen and oxygen atoms in total. The van der Waals surface area contributed by atoms with E-state index in [1.165, 1.54) is 12.1 Å². The predicted molar refractivity (Wildman–Crippen MR) is 131 cm³/mol. The van der Waals surface area contributed by atoms with Gasteiger partial charge in [0.2, 0.25) is 5.88 Å². The fourth-order valence-corrected chi connectivity index (χ4v) is 3.48. The molecule has 0 saturated heterocycles. The second-order valence-electron chi connectivity index (χ2n) is 7.98. The fourth-order valence-electron chi connectivity index (χ4n) is 3.48. The second kappa shape index (κ2) is 9.95. The minimum Gasteiger partial charge on any atom is -0.493 e. The van der Waals surface area contributed by atoms with Crippen molar-refractivity contribution in [1.82, 2.24) is 9.55 Å². The first-order chi connectivity index (χ1) is 17.1. The SMILES string of the molecule is Cc1ccc(-n2c(O)c(C(=NCc3ccc(C(F)(F)F)cc3)Nc3ccccc3)c(=O)[nH]c2=O)cc1. The van der Waals surface area contributed by atoms with Gasteiger partial charge in [0.05, 0.1) is 17.8 Å². The third-order valence-electron chi connectivity index (χ3n) is 5.35.